The number of thiophene rings is 1. The van der Waals surface area contributed by atoms with Crippen molar-refractivity contribution in [2.24, 2.45) is 0 Å². The monoisotopic (exact) mass is 376 g/mol. The molecule has 0 radical (unpaired) electrons. The third-order valence-electron chi connectivity index (χ3n) is 4.20. The summed E-state index contributed by atoms with van der Waals surface area (Å²) in [5.41, 5.74) is 0.959. The van der Waals surface area contributed by atoms with Crippen LogP contribution >= 0.6 is 22.9 Å². The van der Waals surface area contributed by atoms with Crippen molar-refractivity contribution >= 4 is 34.9 Å². The molecular formula is C19H21ClN2O2S. The van der Waals surface area contributed by atoms with Gasteiger partial charge in [0, 0.05) is 43.7 Å². The van der Waals surface area contributed by atoms with Crippen LogP contribution < -0.4 is 4.74 Å². The van der Waals surface area contributed by atoms with Gasteiger partial charge < -0.3 is 9.64 Å². The van der Waals surface area contributed by atoms with E-state index in [-0.39, 0.29) is 5.91 Å². The standard InChI is InChI=1S/C19H21ClN2O2S/c1-24-16-4-2-3-15(13-16)5-8-19(23)22-11-9-21(10-12-22)14-17-6-7-18(20)25-17/h2-8,13H,9-12,14H2,1H3/b8-5+. The summed E-state index contributed by atoms with van der Waals surface area (Å²) in [6.45, 7) is 4.17. The lowest BCUT2D eigenvalue weighted by atomic mass is 10.2. The molecule has 3 rings (SSSR count). The number of carbonyl (C=O) groups is 1. The molecule has 4 nitrogen and oxygen atoms in total. The minimum absolute atomic E-state index is 0.0571. The largest absolute Gasteiger partial charge is 0.497 e. The highest BCUT2D eigenvalue weighted by Gasteiger charge is 2.20. The van der Waals surface area contributed by atoms with Crippen molar-refractivity contribution in [1.82, 2.24) is 9.80 Å². The van der Waals surface area contributed by atoms with E-state index in [1.165, 1.54) is 4.88 Å². The fourth-order valence-electron chi connectivity index (χ4n) is 2.80. The van der Waals surface area contributed by atoms with Crippen LogP contribution in [-0.4, -0.2) is 49.0 Å². The Morgan fingerprint density at radius 3 is 2.72 bits per heavy atom. The molecule has 2 heterocycles. The number of hydrogen-bond acceptors (Lipinski definition) is 4. The summed E-state index contributed by atoms with van der Waals surface area (Å²) < 4.78 is 6.02. The fourth-order valence-corrected chi connectivity index (χ4v) is 3.93. The molecule has 2 aromatic rings. The molecule has 1 amide bonds. The highest BCUT2D eigenvalue weighted by Crippen LogP contribution is 2.23. The van der Waals surface area contributed by atoms with E-state index in [0.29, 0.717) is 0 Å². The number of benzene rings is 1. The predicted molar refractivity (Wildman–Crippen MR) is 103 cm³/mol. The number of hydrogen-bond donors (Lipinski definition) is 0. The molecule has 132 valence electrons. The van der Waals surface area contributed by atoms with E-state index < -0.39 is 0 Å². The van der Waals surface area contributed by atoms with Gasteiger partial charge in [-0.05, 0) is 35.9 Å². The zero-order chi connectivity index (χ0) is 17.6. The Bertz CT molecular complexity index is 751. The lowest BCUT2D eigenvalue weighted by Gasteiger charge is -2.33. The maximum Gasteiger partial charge on any atom is 0.246 e. The van der Waals surface area contributed by atoms with E-state index in [4.69, 9.17) is 16.3 Å². The molecule has 0 bridgehead atoms. The van der Waals surface area contributed by atoms with Crippen molar-refractivity contribution in [2.45, 2.75) is 6.54 Å². The zero-order valence-corrected chi connectivity index (χ0v) is 15.7. The molecule has 1 aromatic carbocycles. The Labute approximate surface area is 157 Å². The molecular weight excluding hydrogens is 356 g/mol. The minimum Gasteiger partial charge on any atom is -0.497 e. The minimum atomic E-state index is 0.0571. The molecule has 25 heavy (non-hydrogen) atoms. The molecule has 6 heteroatoms. The van der Waals surface area contributed by atoms with Crippen molar-refractivity contribution < 1.29 is 9.53 Å². The second kappa shape index (κ2) is 8.52. The Balaban J connectivity index is 1.50. The van der Waals surface area contributed by atoms with Crippen molar-refractivity contribution in [1.29, 1.82) is 0 Å². The molecule has 0 spiro atoms. The second-order valence-corrected chi connectivity index (χ2v) is 7.72. The fraction of sp³-hybridized carbons (Fsp3) is 0.316. The van der Waals surface area contributed by atoms with Crippen molar-refractivity contribution in [3.63, 3.8) is 0 Å². The lowest BCUT2D eigenvalue weighted by Crippen LogP contribution is -2.47. The van der Waals surface area contributed by atoms with Gasteiger partial charge in [0.1, 0.15) is 5.75 Å². The number of rotatable bonds is 5. The van der Waals surface area contributed by atoms with Crippen molar-refractivity contribution in [3.05, 3.63) is 57.3 Å². The number of carbonyl (C=O) groups excluding carboxylic acids is 1. The summed E-state index contributed by atoms with van der Waals surface area (Å²) in [5.74, 6) is 0.846. The van der Waals surface area contributed by atoms with Crippen LogP contribution in [0.5, 0.6) is 5.75 Å². The van der Waals surface area contributed by atoms with Crippen LogP contribution in [0.15, 0.2) is 42.5 Å². The van der Waals surface area contributed by atoms with E-state index in [2.05, 4.69) is 11.0 Å². The van der Waals surface area contributed by atoms with E-state index in [1.54, 1.807) is 24.5 Å². The lowest BCUT2D eigenvalue weighted by molar-refractivity contribution is -0.127. The Kier molecular flexibility index (Phi) is 6.13. The van der Waals surface area contributed by atoms with Gasteiger partial charge in [-0.15, -0.1) is 11.3 Å². The van der Waals surface area contributed by atoms with Gasteiger partial charge in [0.05, 0.1) is 11.4 Å². The smallest absolute Gasteiger partial charge is 0.246 e. The van der Waals surface area contributed by atoms with Crippen LogP contribution in [0.2, 0.25) is 4.34 Å². The van der Waals surface area contributed by atoms with Crippen molar-refractivity contribution in [3.8, 4) is 5.75 Å². The zero-order valence-electron chi connectivity index (χ0n) is 14.2. The Morgan fingerprint density at radius 1 is 1.24 bits per heavy atom. The number of ether oxygens (including phenoxy) is 1. The topological polar surface area (TPSA) is 32.8 Å². The van der Waals surface area contributed by atoms with Gasteiger partial charge >= 0.3 is 0 Å². The van der Waals surface area contributed by atoms with Gasteiger partial charge in [-0.1, -0.05) is 23.7 Å². The first kappa shape index (κ1) is 18.0. The third kappa shape index (κ3) is 5.08. The first-order valence-electron chi connectivity index (χ1n) is 8.21. The number of amides is 1. The summed E-state index contributed by atoms with van der Waals surface area (Å²) in [7, 11) is 1.64. The van der Waals surface area contributed by atoms with Crippen LogP contribution in [0.3, 0.4) is 0 Å². The molecule has 1 aromatic heterocycles. The first-order valence-corrected chi connectivity index (χ1v) is 9.41. The number of halogens is 1. The molecule has 0 aliphatic carbocycles. The molecule has 1 saturated heterocycles. The van der Waals surface area contributed by atoms with Crippen LogP contribution in [-0.2, 0) is 11.3 Å². The molecule has 0 atom stereocenters. The third-order valence-corrected chi connectivity index (χ3v) is 5.42. The van der Waals surface area contributed by atoms with Crippen LogP contribution in [0.1, 0.15) is 10.4 Å². The van der Waals surface area contributed by atoms with Gasteiger partial charge in [0.2, 0.25) is 5.91 Å². The highest BCUT2D eigenvalue weighted by molar-refractivity contribution is 7.16. The van der Waals surface area contributed by atoms with Crippen LogP contribution in [0, 0.1) is 0 Å². The average molecular weight is 377 g/mol. The maximum absolute atomic E-state index is 12.4. The molecule has 0 N–H and O–H groups in total. The molecule has 1 fully saturated rings. The summed E-state index contributed by atoms with van der Waals surface area (Å²) in [5, 5.41) is 0. The van der Waals surface area contributed by atoms with Crippen LogP contribution in [0.4, 0.5) is 0 Å². The molecule has 1 aliphatic heterocycles. The molecule has 1 aliphatic rings. The van der Waals surface area contributed by atoms with Crippen LogP contribution in [0.25, 0.3) is 6.08 Å². The van der Waals surface area contributed by atoms with E-state index in [0.717, 1.165) is 48.4 Å². The van der Waals surface area contributed by atoms with E-state index >= 15 is 0 Å². The summed E-state index contributed by atoms with van der Waals surface area (Å²) in [6.07, 6.45) is 3.48. The maximum atomic E-state index is 12.4. The van der Waals surface area contributed by atoms with Gasteiger partial charge in [0.15, 0.2) is 0 Å². The van der Waals surface area contributed by atoms with Gasteiger partial charge in [0.25, 0.3) is 0 Å². The number of methoxy groups -OCH3 is 1. The summed E-state index contributed by atoms with van der Waals surface area (Å²) in [6, 6.07) is 11.7. The van der Waals surface area contributed by atoms with Gasteiger partial charge in [-0.25, -0.2) is 0 Å². The van der Waals surface area contributed by atoms with Gasteiger partial charge in [-0.3, -0.25) is 9.69 Å². The molecule has 0 saturated carbocycles. The Hall–Kier alpha value is -1.82. The highest BCUT2D eigenvalue weighted by atomic mass is 35.5. The summed E-state index contributed by atoms with van der Waals surface area (Å²) in [4.78, 5) is 17.9. The first-order chi connectivity index (χ1) is 12.1. The molecule has 0 unspecified atom stereocenters. The quantitative estimate of drug-likeness (QED) is 0.745. The number of nitrogens with zero attached hydrogens (tertiary/aromatic N) is 2. The van der Waals surface area contributed by atoms with Crippen molar-refractivity contribution in [2.75, 3.05) is 33.3 Å². The number of piperazine rings is 1. The van der Waals surface area contributed by atoms with Gasteiger partial charge in [-0.2, -0.15) is 0 Å². The average Bonchev–Trinajstić information content (AvgIpc) is 3.05. The SMILES string of the molecule is COc1cccc(/C=C/C(=O)N2CCN(Cc3ccc(Cl)s3)CC2)c1. The predicted octanol–water partition coefficient (Wildman–Crippen LogP) is 3.77. The normalized spacial score (nSPS) is 15.7. The van der Waals surface area contributed by atoms with E-state index in [1.807, 2.05) is 41.3 Å². The summed E-state index contributed by atoms with van der Waals surface area (Å²) >= 11 is 7.60. The van der Waals surface area contributed by atoms with E-state index in [9.17, 15) is 4.79 Å². The second-order valence-electron chi connectivity index (χ2n) is 5.92. The Morgan fingerprint density at radius 2 is 2.04 bits per heavy atom.